The van der Waals surface area contributed by atoms with Crippen molar-refractivity contribution in [3.63, 3.8) is 0 Å². The molecule has 0 aliphatic carbocycles. The molecule has 1 aromatic heterocycles. The van der Waals surface area contributed by atoms with Crippen LogP contribution in [0.15, 0.2) is 6.07 Å². The predicted octanol–water partition coefficient (Wildman–Crippen LogP) is 2.32. The van der Waals surface area contributed by atoms with Crippen molar-refractivity contribution in [3.8, 4) is 5.75 Å². The molecule has 1 aliphatic rings. The SMILES string of the molecule is COC(=O)c1sc(Cl)cc1OC1CCNCC1. The lowest BCUT2D eigenvalue weighted by molar-refractivity contribution is 0.0597. The number of rotatable bonds is 3. The molecule has 0 spiro atoms. The normalized spacial score (nSPS) is 16.8. The van der Waals surface area contributed by atoms with E-state index in [1.165, 1.54) is 18.4 Å². The van der Waals surface area contributed by atoms with Gasteiger partial charge >= 0.3 is 5.97 Å². The van der Waals surface area contributed by atoms with Gasteiger partial charge in [0.05, 0.1) is 11.4 Å². The van der Waals surface area contributed by atoms with Crippen LogP contribution in [0.4, 0.5) is 0 Å². The molecular formula is C11H14ClNO3S. The van der Waals surface area contributed by atoms with Gasteiger partial charge < -0.3 is 14.8 Å². The molecule has 2 heterocycles. The molecule has 94 valence electrons. The van der Waals surface area contributed by atoms with E-state index in [9.17, 15) is 4.79 Å². The third-order valence-electron chi connectivity index (χ3n) is 2.62. The highest BCUT2D eigenvalue weighted by molar-refractivity contribution is 7.18. The molecule has 17 heavy (non-hydrogen) atoms. The quantitative estimate of drug-likeness (QED) is 0.860. The Morgan fingerprint density at radius 1 is 1.53 bits per heavy atom. The molecule has 1 aliphatic heterocycles. The van der Waals surface area contributed by atoms with Gasteiger partial charge in [0.15, 0.2) is 4.88 Å². The number of carbonyl (C=O) groups is 1. The number of halogens is 1. The molecule has 1 aromatic rings. The van der Waals surface area contributed by atoms with Gasteiger partial charge in [0, 0.05) is 6.07 Å². The zero-order valence-corrected chi connectivity index (χ0v) is 11.1. The molecule has 4 nitrogen and oxygen atoms in total. The molecule has 0 aromatic carbocycles. The number of hydrogen-bond acceptors (Lipinski definition) is 5. The molecule has 0 unspecified atom stereocenters. The van der Waals surface area contributed by atoms with Gasteiger partial charge in [-0.3, -0.25) is 0 Å². The Labute approximate surface area is 109 Å². The number of methoxy groups -OCH3 is 1. The summed E-state index contributed by atoms with van der Waals surface area (Å²) in [5.41, 5.74) is 0. The Bertz CT molecular complexity index is 401. The molecule has 0 saturated carbocycles. The fourth-order valence-corrected chi connectivity index (χ4v) is 2.83. The van der Waals surface area contributed by atoms with Crippen LogP contribution in [0, 0.1) is 0 Å². The molecule has 0 amide bonds. The van der Waals surface area contributed by atoms with E-state index < -0.39 is 5.97 Å². The minimum absolute atomic E-state index is 0.144. The van der Waals surface area contributed by atoms with Gasteiger partial charge in [0.1, 0.15) is 11.9 Å². The van der Waals surface area contributed by atoms with Crippen LogP contribution in [0.2, 0.25) is 4.34 Å². The van der Waals surface area contributed by atoms with Crippen molar-refractivity contribution in [1.82, 2.24) is 5.32 Å². The average molecular weight is 276 g/mol. The minimum atomic E-state index is -0.397. The Kier molecular flexibility index (Phi) is 4.25. The maximum atomic E-state index is 11.5. The number of thiophene rings is 1. The fraction of sp³-hybridized carbons (Fsp3) is 0.545. The maximum absolute atomic E-state index is 11.5. The largest absolute Gasteiger partial charge is 0.488 e. The van der Waals surface area contributed by atoms with E-state index in [1.54, 1.807) is 6.07 Å². The summed E-state index contributed by atoms with van der Waals surface area (Å²) in [6.45, 7) is 1.88. The molecular weight excluding hydrogens is 262 g/mol. The van der Waals surface area contributed by atoms with Crippen LogP contribution in [0.1, 0.15) is 22.5 Å². The summed E-state index contributed by atoms with van der Waals surface area (Å²) in [5, 5.41) is 3.26. The van der Waals surface area contributed by atoms with Gasteiger partial charge in [0.25, 0.3) is 0 Å². The molecule has 1 fully saturated rings. The maximum Gasteiger partial charge on any atom is 0.351 e. The number of esters is 1. The van der Waals surface area contributed by atoms with Crippen molar-refractivity contribution in [2.24, 2.45) is 0 Å². The number of piperidine rings is 1. The van der Waals surface area contributed by atoms with Gasteiger partial charge in [-0.15, -0.1) is 11.3 Å². The molecule has 1 N–H and O–H groups in total. The summed E-state index contributed by atoms with van der Waals surface area (Å²) >= 11 is 7.09. The van der Waals surface area contributed by atoms with E-state index in [0.717, 1.165) is 25.9 Å². The van der Waals surface area contributed by atoms with Gasteiger partial charge in [-0.2, -0.15) is 0 Å². The van der Waals surface area contributed by atoms with Gasteiger partial charge in [-0.1, -0.05) is 11.6 Å². The Morgan fingerprint density at radius 2 is 2.24 bits per heavy atom. The van der Waals surface area contributed by atoms with Crippen molar-refractivity contribution in [2.75, 3.05) is 20.2 Å². The number of ether oxygens (including phenoxy) is 2. The smallest absolute Gasteiger partial charge is 0.351 e. The lowest BCUT2D eigenvalue weighted by Crippen LogP contribution is -2.34. The average Bonchev–Trinajstić information content (AvgIpc) is 2.70. The first-order valence-electron chi connectivity index (χ1n) is 5.45. The summed E-state index contributed by atoms with van der Waals surface area (Å²) in [6.07, 6.45) is 2.02. The van der Waals surface area contributed by atoms with Gasteiger partial charge in [-0.05, 0) is 25.9 Å². The summed E-state index contributed by atoms with van der Waals surface area (Å²) in [7, 11) is 1.35. The van der Waals surface area contributed by atoms with Crippen LogP contribution in [0.3, 0.4) is 0 Å². The first-order chi connectivity index (χ1) is 8.20. The molecule has 0 radical (unpaired) electrons. The van der Waals surface area contributed by atoms with Crippen LogP contribution in [0.5, 0.6) is 5.75 Å². The van der Waals surface area contributed by atoms with Crippen LogP contribution in [0.25, 0.3) is 0 Å². The molecule has 2 rings (SSSR count). The lowest BCUT2D eigenvalue weighted by Gasteiger charge is -2.23. The minimum Gasteiger partial charge on any atom is -0.488 e. The molecule has 6 heteroatoms. The van der Waals surface area contributed by atoms with E-state index >= 15 is 0 Å². The zero-order chi connectivity index (χ0) is 12.3. The first-order valence-corrected chi connectivity index (χ1v) is 6.65. The van der Waals surface area contributed by atoms with E-state index in [2.05, 4.69) is 5.32 Å². The standard InChI is InChI=1S/C11H14ClNO3S/c1-15-11(14)10-8(6-9(12)17-10)16-7-2-4-13-5-3-7/h6-7,13H,2-5H2,1H3. The molecule has 0 atom stereocenters. The third-order valence-corrected chi connectivity index (χ3v) is 3.84. The summed E-state index contributed by atoms with van der Waals surface area (Å²) < 4.78 is 11.1. The van der Waals surface area contributed by atoms with Crippen molar-refractivity contribution in [3.05, 3.63) is 15.3 Å². The monoisotopic (exact) mass is 275 g/mol. The van der Waals surface area contributed by atoms with E-state index in [-0.39, 0.29) is 6.10 Å². The second-order valence-electron chi connectivity index (χ2n) is 3.80. The van der Waals surface area contributed by atoms with E-state index in [1.807, 2.05) is 0 Å². The van der Waals surface area contributed by atoms with Crippen LogP contribution < -0.4 is 10.1 Å². The summed E-state index contributed by atoms with van der Waals surface area (Å²) in [4.78, 5) is 12.0. The second-order valence-corrected chi connectivity index (χ2v) is 5.49. The highest BCUT2D eigenvalue weighted by atomic mass is 35.5. The first kappa shape index (κ1) is 12.7. The fourth-order valence-electron chi connectivity index (χ4n) is 1.76. The Balaban J connectivity index is 2.11. The zero-order valence-electron chi connectivity index (χ0n) is 9.49. The van der Waals surface area contributed by atoms with Crippen LogP contribution in [-0.2, 0) is 4.74 Å². The molecule has 1 saturated heterocycles. The summed E-state index contributed by atoms with van der Waals surface area (Å²) in [6, 6.07) is 1.68. The summed E-state index contributed by atoms with van der Waals surface area (Å²) in [5.74, 6) is 0.143. The number of nitrogens with one attached hydrogen (secondary N) is 1. The van der Waals surface area contributed by atoms with Crippen LogP contribution >= 0.6 is 22.9 Å². The number of carbonyl (C=O) groups excluding carboxylic acids is 1. The van der Waals surface area contributed by atoms with E-state index in [4.69, 9.17) is 21.1 Å². The van der Waals surface area contributed by atoms with Crippen LogP contribution in [-0.4, -0.2) is 32.3 Å². The Morgan fingerprint density at radius 3 is 2.88 bits per heavy atom. The van der Waals surface area contributed by atoms with Gasteiger partial charge in [0.2, 0.25) is 0 Å². The highest BCUT2D eigenvalue weighted by Gasteiger charge is 2.22. The van der Waals surface area contributed by atoms with Gasteiger partial charge in [-0.25, -0.2) is 4.79 Å². The second kappa shape index (κ2) is 5.71. The topological polar surface area (TPSA) is 47.6 Å². The predicted molar refractivity (Wildman–Crippen MR) is 67.2 cm³/mol. The van der Waals surface area contributed by atoms with Crippen molar-refractivity contribution in [2.45, 2.75) is 18.9 Å². The van der Waals surface area contributed by atoms with Crippen molar-refractivity contribution in [1.29, 1.82) is 0 Å². The highest BCUT2D eigenvalue weighted by Crippen LogP contribution is 2.34. The lowest BCUT2D eigenvalue weighted by atomic mass is 10.1. The van der Waals surface area contributed by atoms with Crippen molar-refractivity contribution < 1.29 is 14.3 Å². The molecule has 0 bridgehead atoms. The Hall–Kier alpha value is -0.780. The third kappa shape index (κ3) is 3.12. The number of hydrogen-bond donors (Lipinski definition) is 1. The van der Waals surface area contributed by atoms with E-state index in [0.29, 0.717) is 15.0 Å². The van der Waals surface area contributed by atoms with Crippen molar-refractivity contribution >= 4 is 28.9 Å².